The van der Waals surface area contributed by atoms with E-state index in [0.717, 1.165) is 25.1 Å². The van der Waals surface area contributed by atoms with Gasteiger partial charge in [0, 0.05) is 31.2 Å². The first-order valence-corrected chi connectivity index (χ1v) is 11.9. The standard InChI is InChI=1S/C27H38N2O4/c1-20-10-12-22(13-11-20)19-29(16-8-15-28-14-7-6-9-21(28)2)27(30)23-17-24(31-3)26(33-5)25(18-23)32-4/h10-13,17-18,21H,6-9,14-16,19H2,1-5H3. The smallest absolute Gasteiger partial charge is 0.254 e. The van der Waals surface area contributed by atoms with Gasteiger partial charge in [-0.1, -0.05) is 36.2 Å². The van der Waals surface area contributed by atoms with Gasteiger partial charge < -0.3 is 24.0 Å². The van der Waals surface area contributed by atoms with Gasteiger partial charge in [-0.2, -0.15) is 0 Å². The Kier molecular flexibility index (Phi) is 9.01. The summed E-state index contributed by atoms with van der Waals surface area (Å²) < 4.78 is 16.4. The molecule has 0 N–H and O–H groups in total. The van der Waals surface area contributed by atoms with Crippen LogP contribution < -0.4 is 14.2 Å². The predicted octanol–water partition coefficient (Wildman–Crippen LogP) is 4.93. The van der Waals surface area contributed by atoms with E-state index in [1.54, 1.807) is 33.5 Å². The average molecular weight is 455 g/mol. The van der Waals surface area contributed by atoms with Gasteiger partial charge in [-0.05, 0) is 57.4 Å². The van der Waals surface area contributed by atoms with Crippen LogP contribution in [0.15, 0.2) is 36.4 Å². The molecule has 1 heterocycles. The Balaban J connectivity index is 1.81. The van der Waals surface area contributed by atoms with E-state index in [4.69, 9.17) is 14.2 Å². The van der Waals surface area contributed by atoms with Crippen LogP contribution in [0.4, 0.5) is 0 Å². The van der Waals surface area contributed by atoms with Crippen LogP contribution in [0.3, 0.4) is 0 Å². The number of carbonyl (C=O) groups is 1. The summed E-state index contributed by atoms with van der Waals surface area (Å²) in [6, 6.07) is 12.5. The number of piperidine rings is 1. The number of likely N-dealkylation sites (tertiary alicyclic amines) is 1. The van der Waals surface area contributed by atoms with Crippen molar-refractivity contribution in [3.63, 3.8) is 0 Å². The molecule has 180 valence electrons. The molecule has 33 heavy (non-hydrogen) atoms. The third-order valence-corrected chi connectivity index (χ3v) is 6.51. The molecule has 6 nitrogen and oxygen atoms in total. The first kappa shape index (κ1) is 24.9. The summed E-state index contributed by atoms with van der Waals surface area (Å²) in [6.45, 7) is 7.79. The number of amides is 1. The second-order valence-corrected chi connectivity index (χ2v) is 8.86. The van der Waals surface area contributed by atoms with E-state index in [1.165, 1.54) is 24.8 Å². The molecule has 0 radical (unpaired) electrons. The van der Waals surface area contributed by atoms with Crippen LogP contribution in [0.1, 0.15) is 54.1 Å². The minimum Gasteiger partial charge on any atom is -0.493 e. The van der Waals surface area contributed by atoms with Gasteiger partial charge in [-0.15, -0.1) is 0 Å². The van der Waals surface area contributed by atoms with Crippen LogP contribution in [-0.4, -0.2) is 62.7 Å². The first-order valence-electron chi connectivity index (χ1n) is 11.9. The molecule has 1 amide bonds. The lowest BCUT2D eigenvalue weighted by Gasteiger charge is -2.34. The van der Waals surface area contributed by atoms with Crippen LogP contribution in [0.2, 0.25) is 0 Å². The molecule has 1 aliphatic rings. The van der Waals surface area contributed by atoms with Crippen LogP contribution in [-0.2, 0) is 6.54 Å². The summed E-state index contributed by atoms with van der Waals surface area (Å²) in [7, 11) is 4.69. The second-order valence-electron chi connectivity index (χ2n) is 8.86. The van der Waals surface area contributed by atoms with Crippen molar-refractivity contribution in [2.24, 2.45) is 0 Å². The number of methoxy groups -OCH3 is 3. The number of hydrogen-bond donors (Lipinski definition) is 0. The molecule has 1 atom stereocenters. The monoisotopic (exact) mass is 454 g/mol. The predicted molar refractivity (Wildman–Crippen MR) is 132 cm³/mol. The minimum absolute atomic E-state index is 0.0403. The highest BCUT2D eigenvalue weighted by molar-refractivity contribution is 5.95. The highest BCUT2D eigenvalue weighted by atomic mass is 16.5. The van der Waals surface area contributed by atoms with E-state index in [1.807, 2.05) is 4.90 Å². The van der Waals surface area contributed by atoms with Crippen molar-refractivity contribution >= 4 is 5.91 Å². The number of aryl methyl sites for hydroxylation is 1. The Morgan fingerprint density at radius 2 is 1.70 bits per heavy atom. The fourth-order valence-corrected chi connectivity index (χ4v) is 4.51. The number of nitrogens with zero attached hydrogens (tertiary/aromatic N) is 2. The van der Waals surface area contributed by atoms with Crippen LogP contribution in [0.5, 0.6) is 17.2 Å². The quantitative estimate of drug-likeness (QED) is 0.510. The number of hydrogen-bond acceptors (Lipinski definition) is 5. The summed E-state index contributed by atoms with van der Waals surface area (Å²) in [5.74, 6) is 1.41. The van der Waals surface area contributed by atoms with Crippen molar-refractivity contribution in [2.45, 2.75) is 52.1 Å². The lowest BCUT2D eigenvalue weighted by molar-refractivity contribution is 0.0725. The first-order chi connectivity index (χ1) is 16.0. The summed E-state index contributed by atoms with van der Waals surface area (Å²) >= 11 is 0. The van der Waals surface area contributed by atoms with Crippen molar-refractivity contribution in [1.82, 2.24) is 9.80 Å². The normalized spacial score (nSPS) is 16.3. The summed E-state index contributed by atoms with van der Waals surface area (Å²) in [5, 5.41) is 0. The molecule has 6 heteroatoms. The van der Waals surface area contributed by atoms with Crippen molar-refractivity contribution in [3.8, 4) is 17.2 Å². The Bertz CT molecular complexity index is 888. The van der Waals surface area contributed by atoms with E-state index in [2.05, 4.69) is 43.0 Å². The average Bonchev–Trinajstić information content (AvgIpc) is 2.84. The highest BCUT2D eigenvalue weighted by Crippen LogP contribution is 2.38. The molecule has 2 aromatic rings. The van der Waals surface area contributed by atoms with Gasteiger partial charge in [0.15, 0.2) is 11.5 Å². The molecule has 0 aliphatic carbocycles. The lowest BCUT2D eigenvalue weighted by Crippen LogP contribution is -2.40. The van der Waals surface area contributed by atoms with Gasteiger partial charge in [0.2, 0.25) is 5.75 Å². The van der Waals surface area contributed by atoms with Crippen LogP contribution >= 0.6 is 0 Å². The number of ether oxygens (including phenoxy) is 3. The molecule has 0 bridgehead atoms. The van der Waals surface area contributed by atoms with Gasteiger partial charge in [-0.25, -0.2) is 0 Å². The van der Waals surface area contributed by atoms with Crippen molar-refractivity contribution < 1.29 is 19.0 Å². The van der Waals surface area contributed by atoms with Gasteiger partial charge >= 0.3 is 0 Å². The van der Waals surface area contributed by atoms with E-state index in [-0.39, 0.29) is 5.91 Å². The van der Waals surface area contributed by atoms with Gasteiger partial charge in [0.1, 0.15) is 0 Å². The fraction of sp³-hybridized carbons (Fsp3) is 0.519. The zero-order valence-corrected chi connectivity index (χ0v) is 20.7. The Morgan fingerprint density at radius 3 is 2.27 bits per heavy atom. The SMILES string of the molecule is COc1cc(C(=O)N(CCCN2CCCCC2C)Cc2ccc(C)cc2)cc(OC)c1OC. The molecule has 0 aromatic heterocycles. The maximum absolute atomic E-state index is 13.7. The van der Waals surface area contributed by atoms with Gasteiger partial charge in [-0.3, -0.25) is 4.79 Å². The third-order valence-electron chi connectivity index (χ3n) is 6.51. The molecule has 1 fully saturated rings. The molecule has 3 rings (SSSR count). The zero-order chi connectivity index (χ0) is 23.8. The summed E-state index contributed by atoms with van der Waals surface area (Å²) in [6.07, 6.45) is 4.78. The molecule has 2 aromatic carbocycles. The molecule has 0 saturated carbocycles. The number of carbonyl (C=O) groups excluding carboxylic acids is 1. The Hall–Kier alpha value is -2.73. The molecular formula is C27H38N2O4. The molecule has 1 aliphatic heterocycles. The molecular weight excluding hydrogens is 416 g/mol. The minimum atomic E-state index is -0.0403. The van der Waals surface area contributed by atoms with Gasteiger partial charge in [0.25, 0.3) is 5.91 Å². The number of benzene rings is 2. The second kappa shape index (κ2) is 11.9. The fourth-order valence-electron chi connectivity index (χ4n) is 4.51. The zero-order valence-electron chi connectivity index (χ0n) is 20.7. The lowest BCUT2D eigenvalue weighted by atomic mass is 10.0. The van der Waals surface area contributed by atoms with E-state index < -0.39 is 0 Å². The van der Waals surface area contributed by atoms with E-state index in [0.29, 0.717) is 41.9 Å². The third kappa shape index (κ3) is 6.41. The largest absolute Gasteiger partial charge is 0.493 e. The Morgan fingerprint density at radius 1 is 1.03 bits per heavy atom. The maximum Gasteiger partial charge on any atom is 0.254 e. The van der Waals surface area contributed by atoms with Crippen LogP contribution in [0.25, 0.3) is 0 Å². The van der Waals surface area contributed by atoms with Gasteiger partial charge in [0.05, 0.1) is 21.3 Å². The molecule has 1 unspecified atom stereocenters. The molecule has 0 spiro atoms. The topological polar surface area (TPSA) is 51.2 Å². The maximum atomic E-state index is 13.7. The number of rotatable bonds is 10. The Labute approximate surface area is 198 Å². The van der Waals surface area contributed by atoms with Crippen LogP contribution in [0, 0.1) is 6.92 Å². The van der Waals surface area contributed by atoms with Crippen molar-refractivity contribution in [1.29, 1.82) is 0 Å². The van der Waals surface area contributed by atoms with E-state index in [9.17, 15) is 4.79 Å². The van der Waals surface area contributed by atoms with Crippen molar-refractivity contribution in [3.05, 3.63) is 53.1 Å². The van der Waals surface area contributed by atoms with Crippen molar-refractivity contribution in [2.75, 3.05) is 41.0 Å². The molecule has 1 saturated heterocycles. The summed E-state index contributed by atoms with van der Waals surface area (Å²) in [4.78, 5) is 18.1. The van der Waals surface area contributed by atoms with E-state index >= 15 is 0 Å². The summed E-state index contributed by atoms with van der Waals surface area (Å²) in [5.41, 5.74) is 2.86. The highest BCUT2D eigenvalue weighted by Gasteiger charge is 2.23.